The predicted molar refractivity (Wildman–Crippen MR) is 340 cm³/mol. The fourth-order valence-electron chi connectivity index (χ4n) is 14.4. The van der Waals surface area contributed by atoms with Crippen LogP contribution >= 0.6 is 0 Å². The first-order valence-electron chi connectivity index (χ1n) is 28.9. The van der Waals surface area contributed by atoms with Crippen LogP contribution in [0.1, 0.15) is 72.2 Å². The fourth-order valence-corrected chi connectivity index (χ4v) is 14.4. The molecule has 2 aliphatic heterocycles. The standard InChI is InChI=1S/C79H58N2O2/c1-77(2)64-32-13-11-30-60(64)62-43-40-57(48-69(62)77)80(55-28-19-26-53(46-55)51-22-7-5-8-23-51)58-42-45-75-71(50-58)79(66-34-15-17-38-73(66)82-75)67-35-16-18-39-74(67)83-76-68(79)36-21-37-72(76)81(56-29-20-27-54(47-56)52-24-9-6-10-25-52)59-41-44-63-61-31-12-14-33-65(61)78(3,4)70(63)49-59/h5-50H,1-4H3. The molecule has 0 amide bonds. The Balaban J connectivity index is 0.943. The van der Waals surface area contributed by atoms with Gasteiger partial charge >= 0.3 is 0 Å². The zero-order valence-electron chi connectivity index (χ0n) is 46.8. The number of benzene rings is 12. The second kappa shape index (κ2) is 18.4. The summed E-state index contributed by atoms with van der Waals surface area (Å²) in [5, 5.41) is 0. The number of para-hydroxylation sites is 3. The molecule has 0 radical (unpaired) electrons. The molecule has 16 rings (SSSR count). The maximum atomic E-state index is 7.56. The molecule has 0 N–H and O–H groups in total. The molecule has 83 heavy (non-hydrogen) atoms. The van der Waals surface area contributed by atoms with E-state index in [-0.39, 0.29) is 10.8 Å². The summed E-state index contributed by atoms with van der Waals surface area (Å²) in [6.07, 6.45) is 0. The van der Waals surface area contributed by atoms with Gasteiger partial charge < -0.3 is 19.3 Å². The molecule has 396 valence electrons. The van der Waals surface area contributed by atoms with Crippen LogP contribution in [-0.4, -0.2) is 0 Å². The maximum Gasteiger partial charge on any atom is 0.156 e. The molecule has 1 unspecified atom stereocenters. The molecule has 4 nitrogen and oxygen atoms in total. The number of hydrogen-bond acceptors (Lipinski definition) is 4. The summed E-state index contributed by atoms with van der Waals surface area (Å²) >= 11 is 0. The summed E-state index contributed by atoms with van der Waals surface area (Å²) in [5.74, 6) is 3.16. The maximum absolute atomic E-state index is 7.56. The molecule has 4 aliphatic rings. The summed E-state index contributed by atoms with van der Waals surface area (Å²) in [6, 6.07) is 102. The molecule has 0 saturated carbocycles. The van der Waals surface area contributed by atoms with Crippen molar-refractivity contribution in [2.75, 3.05) is 9.80 Å². The highest BCUT2D eigenvalue weighted by atomic mass is 16.5. The SMILES string of the molecule is CC1(C)c2ccccc2-c2ccc(N(c3cccc(-c4ccccc4)c3)c3ccc4c(c3)C3(c5ccccc5O4)c4ccccc4Oc4c(N(c5cccc(-c6ccccc6)c5)c5ccc6c(c5)C(C)(C)c5ccccc5-6)cccc43)cc21. The third-order valence-corrected chi connectivity index (χ3v) is 18.4. The Morgan fingerprint density at radius 1 is 0.253 bits per heavy atom. The summed E-state index contributed by atoms with van der Waals surface area (Å²) < 4.78 is 14.7. The van der Waals surface area contributed by atoms with E-state index in [0.29, 0.717) is 0 Å². The van der Waals surface area contributed by atoms with E-state index >= 15 is 0 Å². The van der Waals surface area contributed by atoms with Gasteiger partial charge in [0.05, 0.1) is 11.1 Å². The van der Waals surface area contributed by atoms with Gasteiger partial charge in [-0.1, -0.05) is 222 Å². The van der Waals surface area contributed by atoms with Gasteiger partial charge in [-0.2, -0.15) is 0 Å². The van der Waals surface area contributed by atoms with E-state index in [1.807, 2.05) is 0 Å². The monoisotopic (exact) mass is 1070 g/mol. The van der Waals surface area contributed by atoms with E-state index in [4.69, 9.17) is 9.47 Å². The predicted octanol–water partition coefficient (Wildman–Crippen LogP) is 21.2. The van der Waals surface area contributed by atoms with Crippen LogP contribution in [0, 0.1) is 0 Å². The van der Waals surface area contributed by atoms with E-state index in [1.54, 1.807) is 0 Å². The molecule has 1 atom stereocenters. The summed E-state index contributed by atoms with van der Waals surface area (Å²) in [7, 11) is 0. The molecular formula is C79H58N2O2. The minimum absolute atomic E-state index is 0.206. The lowest BCUT2D eigenvalue weighted by molar-refractivity contribution is 0.400. The van der Waals surface area contributed by atoms with E-state index in [1.165, 1.54) is 44.5 Å². The van der Waals surface area contributed by atoms with Crippen LogP contribution in [0.4, 0.5) is 34.1 Å². The highest BCUT2D eigenvalue weighted by Gasteiger charge is 2.52. The van der Waals surface area contributed by atoms with Crippen LogP contribution in [0.15, 0.2) is 279 Å². The molecule has 2 aliphatic carbocycles. The van der Waals surface area contributed by atoms with E-state index in [2.05, 4.69) is 317 Å². The molecule has 0 fully saturated rings. The van der Waals surface area contributed by atoms with Crippen LogP contribution in [0.25, 0.3) is 44.5 Å². The molecule has 4 heteroatoms. The van der Waals surface area contributed by atoms with E-state index < -0.39 is 5.41 Å². The lowest BCUT2D eigenvalue weighted by Crippen LogP contribution is -2.37. The normalized spacial score (nSPS) is 15.7. The van der Waals surface area contributed by atoms with Crippen molar-refractivity contribution in [2.24, 2.45) is 0 Å². The summed E-state index contributed by atoms with van der Waals surface area (Å²) in [6.45, 7) is 9.43. The minimum Gasteiger partial charge on any atom is -0.457 e. The first-order valence-corrected chi connectivity index (χ1v) is 28.9. The topological polar surface area (TPSA) is 24.9 Å². The van der Waals surface area contributed by atoms with Crippen LogP contribution in [0.3, 0.4) is 0 Å². The van der Waals surface area contributed by atoms with Gasteiger partial charge in [-0.25, -0.2) is 0 Å². The number of ether oxygens (including phenoxy) is 2. The first kappa shape index (κ1) is 48.7. The lowest BCUT2D eigenvalue weighted by atomic mass is 9.62. The van der Waals surface area contributed by atoms with Crippen molar-refractivity contribution in [3.05, 3.63) is 324 Å². The minimum atomic E-state index is -0.918. The lowest BCUT2D eigenvalue weighted by Gasteiger charge is -2.46. The molecule has 12 aromatic carbocycles. The number of nitrogens with zero attached hydrogens (tertiary/aromatic N) is 2. The van der Waals surface area contributed by atoms with Crippen molar-refractivity contribution in [1.29, 1.82) is 0 Å². The summed E-state index contributed by atoms with van der Waals surface area (Å²) in [5.41, 5.74) is 23.9. The third-order valence-electron chi connectivity index (χ3n) is 18.4. The Labute approximate surface area is 485 Å². The Hall–Kier alpha value is -10.2. The van der Waals surface area contributed by atoms with E-state index in [0.717, 1.165) is 102 Å². The van der Waals surface area contributed by atoms with Crippen molar-refractivity contribution < 1.29 is 9.47 Å². The second-order valence-electron chi connectivity index (χ2n) is 23.6. The van der Waals surface area contributed by atoms with Gasteiger partial charge in [0, 0.05) is 61.5 Å². The zero-order chi connectivity index (χ0) is 55.6. The fraction of sp³-hybridized carbons (Fsp3) is 0.0886. The van der Waals surface area contributed by atoms with Crippen LogP contribution in [0.5, 0.6) is 23.0 Å². The Bertz CT molecular complexity index is 4580. The van der Waals surface area contributed by atoms with Gasteiger partial charge in [-0.05, 0) is 152 Å². The molecule has 2 heterocycles. The van der Waals surface area contributed by atoms with Gasteiger partial charge in [0.25, 0.3) is 0 Å². The number of fused-ring (bicyclic) bond motifs is 14. The number of anilines is 6. The second-order valence-corrected chi connectivity index (χ2v) is 23.6. The Morgan fingerprint density at radius 2 is 0.639 bits per heavy atom. The number of hydrogen-bond donors (Lipinski definition) is 0. The van der Waals surface area contributed by atoms with E-state index in [9.17, 15) is 0 Å². The van der Waals surface area contributed by atoms with Crippen molar-refractivity contribution in [1.82, 2.24) is 0 Å². The third kappa shape index (κ3) is 7.32. The van der Waals surface area contributed by atoms with Crippen molar-refractivity contribution >= 4 is 34.1 Å². The highest BCUT2D eigenvalue weighted by molar-refractivity contribution is 5.92. The van der Waals surface area contributed by atoms with Gasteiger partial charge in [0.15, 0.2) is 5.75 Å². The first-order chi connectivity index (χ1) is 40.7. The van der Waals surface area contributed by atoms with Gasteiger partial charge in [-0.15, -0.1) is 0 Å². The van der Waals surface area contributed by atoms with Crippen molar-refractivity contribution in [2.45, 2.75) is 43.9 Å². The smallest absolute Gasteiger partial charge is 0.156 e. The molecule has 1 spiro atoms. The molecule has 0 aromatic heterocycles. The van der Waals surface area contributed by atoms with Crippen LogP contribution in [0.2, 0.25) is 0 Å². The average molecular weight is 1070 g/mol. The quantitative estimate of drug-likeness (QED) is 0.151. The molecule has 12 aromatic rings. The van der Waals surface area contributed by atoms with Crippen LogP contribution < -0.4 is 19.3 Å². The van der Waals surface area contributed by atoms with Gasteiger partial charge in [0.2, 0.25) is 0 Å². The highest BCUT2D eigenvalue weighted by Crippen LogP contribution is 2.64. The average Bonchev–Trinajstić information content (AvgIpc) is 2.03. The van der Waals surface area contributed by atoms with Gasteiger partial charge in [0.1, 0.15) is 17.2 Å². The molecule has 0 saturated heterocycles. The zero-order valence-corrected chi connectivity index (χ0v) is 46.8. The largest absolute Gasteiger partial charge is 0.457 e. The van der Waals surface area contributed by atoms with Crippen molar-refractivity contribution in [3.8, 4) is 67.5 Å². The number of rotatable bonds is 8. The van der Waals surface area contributed by atoms with Crippen LogP contribution in [-0.2, 0) is 16.2 Å². The molecule has 0 bridgehead atoms. The van der Waals surface area contributed by atoms with Gasteiger partial charge in [-0.3, -0.25) is 0 Å². The Kier molecular flexibility index (Phi) is 10.8. The summed E-state index contributed by atoms with van der Waals surface area (Å²) in [4.78, 5) is 4.86. The Morgan fingerprint density at radius 3 is 1.20 bits per heavy atom. The van der Waals surface area contributed by atoms with Crippen molar-refractivity contribution in [3.63, 3.8) is 0 Å². The molecular weight excluding hydrogens is 1010 g/mol.